The lowest BCUT2D eigenvalue weighted by molar-refractivity contribution is -0.139. The Kier molecular flexibility index (Phi) is 7.96. The van der Waals surface area contributed by atoms with Crippen molar-refractivity contribution in [3.8, 4) is 0 Å². The van der Waals surface area contributed by atoms with Gasteiger partial charge in [0.2, 0.25) is 0 Å². The third-order valence-electron chi connectivity index (χ3n) is 4.62. The molecule has 1 saturated heterocycles. The van der Waals surface area contributed by atoms with E-state index in [-0.39, 0.29) is 43.0 Å². The third-order valence-corrected chi connectivity index (χ3v) is 6.47. The SMILES string of the molecule is O=C(c1ccc(/C=C\C(c2cc(Cl)c(Cl)c(Cl)c2)C(F)(F)F)cc1Br)N1C/C1=N/CC(F)(F)F. The minimum absolute atomic E-state index is 0.00602. The molecule has 1 amide bonds. The van der Waals surface area contributed by atoms with Crippen molar-refractivity contribution >= 4 is 68.6 Å². The van der Waals surface area contributed by atoms with Crippen molar-refractivity contribution in [2.45, 2.75) is 18.3 Å². The molecule has 0 aromatic heterocycles. The molecular formula is C21H12BrCl3F6N2O. The molecule has 13 heteroatoms. The summed E-state index contributed by atoms with van der Waals surface area (Å²) in [6.07, 6.45) is -7.02. The van der Waals surface area contributed by atoms with E-state index in [2.05, 4.69) is 20.9 Å². The second kappa shape index (κ2) is 10.1. The Labute approximate surface area is 213 Å². The fraction of sp³-hybridized carbons (Fsp3) is 0.238. The highest BCUT2D eigenvalue weighted by molar-refractivity contribution is 9.10. The van der Waals surface area contributed by atoms with Crippen LogP contribution in [0.3, 0.4) is 0 Å². The molecular weight excluding hydrogens is 596 g/mol. The molecule has 0 spiro atoms. The lowest BCUT2D eigenvalue weighted by atomic mass is 9.97. The third kappa shape index (κ3) is 6.68. The van der Waals surface area contributed by atoms with Crippen molar-refractivity contribution in [1.29, 1.82) is 0 Å². The lowest BCUT2D eigenvalue weighted by Crippen LogP contribution is -2.19. The van der Waals surface area contributed by atoms with Crippen molar-refractivity contribution in [1.82, 2.24) is 4.90 Å². The van der Waals surface area contributed by atoms with Crippen LogP contribution >= 0.6 is 50.7 Å². The number of hydrogen-bond acceptors (Lipinski definition) is 2. The Bertz CT molecular complexity index is 1160. The van der Waals surface area contributed by atoms with Crippen LogP contribution in [0.4, 0.5) is 26.3 Å². The monoisotopic (exact) mass is 606 g/mol. The molecule has 2 aromatic rings. The summed E-state index contributed by atoms with van der Waals surface area (Å²) in [7, 11) is 0. The summed E-state index contributed by atoms with van der Waals surface area (Å²) in [4.78, 5) is 16.9. The summed E-state index contributed by atoms with van der Waals surface area (Å²) in [6, 6.07) is 6.33. The van der Waals surface area contributed by atoms with E-state index in [0.717, 1.165) is 23.1 Å². The van der Waals surface area contributed by atoms with Gasteiger partial charge in [-0.05, 0) is 51.3 Å². The van der Waals surface area contributed by atoms with E-state index >= 15 is 0 Å². The second-order valence-electron chi connectivity index (χ2n) is 7.16. The van der Waals surface area contributed by atoms with Gasteiger partial charge < -0.3 is 0 Å². The molecule has 1 aliphatic heterocycles. The van der Waals surface area contributed by atoms with Gasteiger partial charge in [-0.2, -0.15) is 26.3 Å². The van der Waals surface area contributed by atoms with Crippen LogP contribution < -0.4 is 0 Å². The first-order valence-corrected chi connectivity index (χ1v) is 11.2. The normalized spacial score (nSPS) is 16.4. The summed E-state index contributed by atoms with van der Waals surface area (Å²) >= 11 is 20.7. The Morgan fingerprint density at radius 3 is 2.24 bits per heavy atom. The molecule has 1 heterocycles. The molecule has 34 heavy (non-hydrogen) atoms. The van der Waals surface area contributed by atoms with E-state index in [1.54, 1.807) is 0 Å². The zero-order chi connectivity index (χ0) is 25.4. The molecule has 3 rings (SSSR count). The topological polar surface area (TPSA) is 32.4 Å². The van der Waals surface area contributed by atoms with Gasteiger partial charge in [-0.15, -0.1) is 0 Å². The first kappa shape index (κ1) is 26.8. The molecule has 1 fully saturated rings. The van der Waals surface area contributed by atoms with Gasteiger partial charge in [0.1, 0.15) is 12.4 Å². The number of amides is 1. The second-order valence-corrected chi connectivity index (χ2v) is 9.20. The number of halogens is 10. The first-order valence-electron chi connectivity index (χ1n) is 9.28. The predicted octanol–water partition coefficient (Wildman–Crippen LogP) is 8.19. The fourth-order valence-electron chi connectivity index (χ4n) is 2.94. The maximum atomic E-state index is 13.7. The molecule has 0 bridgehead atoms. The summed E-state index contributed by atoms with van der Waals surface area (Å²) in [5.41, 5.74) is 0.250. The fourth-order valence-corrected chi connectivity index (χ4v) is 4.12. The quantitative estimate of drug-likeness (QED) is 0.191. The minimum atomic E-state index is -4.66. The Morgan fingerprint density at radius 1 is 1.09 bits per heavy atom. The number of carbonyl (C=O) groups excluding carboxylic acids is 1. The van der Waals surface area contributed by atoms with Gasteiger partial charge in [-0.3, -0.25) is 14.7 Å². The number of nitrogens with zero attached hydrogens (tertiary/aromatic N) is 2. The highest BCUT2D eigenvalue weighted by atomic mass is 79.9. The highest BCUT2D eigenvalue weighted by Gasteiger charge is 2.40. The van der Waals surface area contributed by atoms with Gasteiger partial charge in [-0.25, -0.2) is 0 Å². The number of aliphatic imine (C=N–C) groups is 1. The summed E-state index contributed by atoms with van der Waals surface area (Å²) in [5, 5.41) is -0.296. The Morgan fingerprint density at radius 2 is 1.71 bits per heavy atom. The predicted molar refractivity (Wildman–Crippen MR) is 123 cm³/mol. The number of hydrogen-bond donors (Lipinski definition) is 0. The van der Waals surface area contributed by atoms with E-state index in [1.165, 1.54) is 24.3 Å². The van der Waals surface area contributed by atoms with Crippen molar-refractivity contribution in [2.75, 3.05) is 13.1 Å². The number of benzene rings is 2. The summed E-state index contributed by atoms with van der Waals surface area (Å²) < 4.78 is 78.1. The van der Waals surface area contributed by atoms with Crippen LogP contribution in [-0.2, 0) is 0 Å². The Hall–Kier alpha value is -1.75. The molecule has 182 valence electrons. The van der Waals surface area contributed by atoms with Gasteiger partial charge >= 0.3 is 12.4 Å². The van der Waals surface area contributed by atoms with E-state index < -0.39 is 30.7 Å². The summed E-state index contributed by atoms with van der Waals surface area (Å²) in [6.45, 7) is -1.41. The minimum Gasteiger partial charge on any atom is -0.287 e. The highest BCUT2D eigenvalue weighted by Crippen LogP contribution is 2.41. The largest absolute Gasteiger partial charge is 0.408 e. The maximum absolute atomic E-state index is 13.7. The smallest absolute Gasteiger partial charge is 0.287 e. The van der Waals surface area contributed by atoms with Crippen LogP contribution in [0.1, 0.15) is 27.4 Å². The molecule has 0 saturated carbocycles. The summed E-state index contributed by atoms with van der Waals surface area (Å²) in [5.74, 6) is -2.61. The van der Waals surface area contributed by atoms with Crippen LogP contribution in [0.25, 0.3) is 6.08 Å². The lowest BCUT2D eigenvalue weighted by Gasteiger charge is -2.18. The van der Waals surface area contributed by atoms with E-state index in [0.29, 0.717) is 5.56 Å². The van der Waals surface area contributed by atoms with Crippen LogP contribution in [0, 0.1) is 0 Å². The van der Waals surface area contributed by atoms with E-state index in [4.69, 9.17) is 34.8 Å². The average molecular weight is 609 g/mol. The van der Waals surface area contributed by atoms with Gasteiger partial charge in [-0.1, -0.05) is 53.0 Å². The van der Waals surface area contributed by atoms with Crippen molar-refractivity contribution in [3.05, 3.63) is 72.6 Å². The van der Waals surface area contributed by atoms with Gasteiger partial charge in [0, 0.05) is 4.47 Å². The molecule has 1 unspecified atom stereocenters. The van der Waals surface area contributed by atoms with Crippen molar-refractivity contribution in [2.24, 2.45) is 4.99 Å². The Balaban J connectivity index is 1.80. The molecule has 1 atom stereocenters. The van der Waals surface area contributed by atoms with Gasteiger partial charge in [0.25, 0.3) is 5.91 Å². The van der Waals surface area contributed by atoms with Gasteiger partial charge in [0.15, 0.2) is 0 Å². The number of carbonyl (C=O) groups is 1. The van der Waals surface area contributed by atoms with Crippen LogP contribution in [0.2, 0.25) is 15.1 Å². The van der Waals surface area contributed by atoms with E-state index in [9.17, 15) is 31.1 Å². The van der Waals surface area contributed by atoms with Gasteiger partial charge in [0.05, 0.1) is 33.1 Å². The number of amidine groups is 1. The van der Waals surface area contributed by atoms with Crippen molar-refractivity contribution < 1.29 is 31.1 Å². The number of allylic oxidation sites excluding steroid dienone is 1. The molecule has 0 radical (unpaired) electrons. The zero-order valence-corrected chi connectivity index (χ0v) is 20.5. The van der Waals surface area contributed by atoms with Crippen LogP contribution in [-0.4, -0.2) is 42.1 Å². The van der Waals surface area contributed by atoms with Crippen LogP contribution in [0.5, 0.6) is 0 Å². The zero-order valence-electron chi connectivity index (χ0n) is 16.6. The molecule has 1 aliphatic rings. The first-order chi connectivity index (χ1) is 15.7. The maximum Gasteiger partial charge on any atom is 0.408 e. The van der Waals surface area contributed by atoms with E-state index in [1.807, 2.05) is 0 Å². The molecule has 0 N–H and O–H groups in total. The molecule has 0 aliphatic carbocycles. The van der Waals surface area contributed by atoms with Crippen molar-refractivity contribution in [3.63, 3.8) is 0 Å². The molecule has 2 aromatic carbocycles. The van der Waals surface area contributed by atoms with Crippen LogP contribution in [0.15, 0.2) is 45.9 Å². The standard InChI is InChI=1S/C21H12BrCl3F6N2O/c22-14-5-10(1-3-12(14)19(34)33-8-17(33)32-9-20(26,27)28)2-4-13(21(29,30)31)11-6-15(23)18(25)16(24)7-11/h1-7,13H,8-9H2/b4-2-,32-17-. The molecule has 3 nitrogen and oxygen atoms in total. The number of alkyl halides is 6. The number of rotatable bonds is 5. The average Bonchev–Trinajstić information content (AvgIpc) is 3.48.